The van der Waals surface area contributed by atoms with E-state index >= 15 is 0 Å². The van der Waals surface area contributed by atoms with Gasteiger partial charge >= 0.3 is 6.09 Å². The van der Waals surface area contributed by atoms with E-state index in [0.717, 1.165) is 31.5 Å². The lowest BCUT2D eigenvalue weighted by atomic mass is 10.0. The molecule has 8 nitrogen and oxygen atoms in total. The van der Waals surface area contributed by atoms with Gasteiger partial charge in [-0.05, 0) is 65.3 Å². The van der Waals surface area contributed by atoms with Crippen LogP contribution in [0.15, 0.2) is 24.3 Å². The van der Waals surface area contributed by atoms with Gasteiger partial charge in [0.05, 0.1) is 0 Å². The van der Waals surface area contributed by atoms with Gasteiger partial charge in [0, 0.05) is 18.8 Å². The van der Waals surface area contributed by atoms with Gasteiger partial charge in [0.1, 0.15) is 12.7 Å². The minimum atomic E-state index is -1.11. The molecule has 3 fully saturated rings. The SMILES string of the molecule is CCCCCCCCCCCCOC[C@@]12O[C@@H](CN3CCCCC3)[C@@H](OC(=O)Nc3ccc(C)cc3)[C@@H]1OC(C)(C)O2. The summed E-state index contributed by atoms with van der Waals surface area (Å²) in [4.78, 5) is 15.5. The van der Waals surface area contributed by atoms with Crippen LogP contribution in [0.3, 0.4) is 0 Å². The number of benzene rings is 1. The molecule has 3 aliphatic rings. The summed E-state index contributed by atoms with van der Waals surface area (Å²) >= 11 is 0. The molecule has 0 saturated carbocycles. The van der Waals surface area contributed by atoms with Crippen LogP contribution in [0.1, 0.15) is 110 Å². The van der Waals surface area contributed by atoms with Gasteiger partial charge in [0.2, 0.25) is 5.79 Å². The molecule has 3 aliphatic heterocycles. The summed E-state index contributed by atoms with van der Waals surface area (Å²) in [6.07, 6.45) is 14.3. The van der Waals surface area contributed by atoms with Crippen LogP contribution >= 0.6 is 0 Å². The fourth-order valence-electron chi connectivity index (χ4n) is 6.46. The van der Waals surface area contributed by atoms with Crippen molar-refractivity contribution in [1.82, 2.24) is 4.90 Å². The number of anilines is 1. The molecule has 0 unspecified atom stereocenters. The van der Waals surface area contributed by atoms with Crippen molar-refractivity contribution in [3.05, 3.63) is 29.8 Å². The average molecular weight is 589 g/mol. The molecule has 42 heavy (non-hydrogen) atoms. The maximum absolute atomic E-state index is 13.1. The number of likely N-dealkylation sites (tertiary alicyclic amines) is 1. The quantitative estimate of drug-likeness (QED) is 0.188. The summed E-state index contributed by atoms with van der Waals surface area (Å²) in [6.45, 7) is 11.6. The number of carbonyl (C=O) groups is 1. The predicted molar refractivity (Wildman–Crippen MR) is 166 cm³/mol. The number of amides is 1. The Kier molecular flexibility index (Phi) is 12.9. The molecule has 1 N–H and O–H groups in total. The van der Waals surface area contributed by atoms with Crippen LogP contribution in [-0.4, -0.2) is 73.7 Å². The van der Waals surface area contributed by atoms with E-state index in [2.05, 4.69) is 17.1 Å². The summed E-state index contributed by atoms with van der Waals surface area (Å²) in [5, 5.41) is 2.87. The zero-order valence-corrected chi connectivity index (χ0v) is 26.7. The third kappa shape index (κ3) is 9.91. The van der Waals surface area contributed by atoms with E-state index in [1.807, 2.05) is 45.0 Å². The van der Waals surface area contributed by atoms with Gasteiger partial charge in [-0.3, -0.25) is 5.32 Å². The van der Waals surface area contributed by atoms with Gasteiger partial charge in [-0.25, -0.2) is 4.79 Å². The molecule has 8 heteroatoms. The van der Waals surface area contributed by atoms with E-state index < -0.39 is 29.9 Å². The van der Waals surface area contributed by atoms with Crippen LogP contribution in [0.4, 0.5) is 10.5 Å². The summed E-state index contributed by atoms with van der Waals surface area (Å²) in [6, 6.07) is 7.66. The van der Waals surface area contributed by atoms with Crippen LogP contribution in [0.2, 0.25) is 0 Å². The van der Waals surface area contributed by atoms with E-state index in [9.17, 15) is 4.79 Å². The molecule has 238 valence electrons. The van der Waals surface area contributed by atoms with Gasteiger partial charge in [0.15, 0.2) is 18.0 Å². The second kappa shape index (κ2) is 16.4. The Labute approximate surface area is 254 Å². The first-order chi connectivity index (χ1) is 20.3. The Hall–Kier alpha value is -1.71. The molecule has 0 aliphatic carbocycles. The highest BCUT2D eigenvalue weighted by Crippen LogP contribution is 2.47. The molecule has 0 radical (unpaired) electrons. The standard InChI is InChI=1S/C34H56N2O6/c1-5-6-7-8-9-10-11-12-13-17-24-38-26-34-31(41-33(3,4)42-34)30(29(40-34)25-36-22-15-14-16-23-36)39-32(37)35-28-20-18-27(2)19-21-28/h18-21,29-31H,5-17,22-26H2,1-4H3,(H,35,37)/t29-,30+,31-,34-/m0/s1. The summed E-state index contributed by atoms with van der Waals surface area (Å²) < 4.78 is 31.7. The molecule has 4 rings (SSSR count). The molecular weight excluding hydrogens is 532 g/mol. The largest absolute Gasteiger partial charge is 0.440 e. The highest BCUT2D eigenvalue weighted by atomic mass is 16.9. The Morgan fingerprint density at radius 1 is 0.929 bits per heavy atom. The summed E-state index contributed by atoms with van der Waals surface area (Å²) in [5.41, 5.74) is 1.81. The number of nitrogens with zero attached hydrogens (tertiary/aromatic N) is 1. The van der Waals surface area contributed by atoms with Crippen LogP contribution in [-0.2, 0) is 23.7 Å². The highest BCUT2D eigenvalue weighted by molar-refractivity contribution is 5.84. The first kappa shape index (κ1) is 33.2. The van der Waals surface area contributed by atoms with Gasteiger partial charge in [-0.15, -0.1) is 0 Å². The number of piperidine rings is 1. The third-order valence-electron chi connectivity index (χ3n) is 8.65. The van der Waals surface area contributed by atoms with Gasteiger partial charge in [-0.2, -0.15) is 0 Å². The third-order valence-corrected chi connectivity index (χ3v) is 8.65. The first-order valence-electron chi connectivity index (χ1n) is 16.7. The van der Waals surface area contributed by atoms with Crippen LogP contribution in [0.5, 0.6) is 0 Å². The lowest BCUT2D eigenvalue weighted by Gasteiger charge is -2.33. The van der Waals surface area contributed by atoms with Crippen molar-refractivity contribution in [1.29, 1.82) is 0 Å². The number of rotatable bonds is 17. The number of fused-ring (bicyclic) bond motifs is 1. The normalized spacial score (nSPS) is 27.2. The Bertz CT molecular complexity index is 934. The van der Waals surface area contributed by atoms with E-state index in [1.54, 1.807) is 0 Å². The molecule has 3 heterocycles. The van der Waals surface area contributed by atoms with Crippen molar-refractivity contribution in [3.63, 3.8) is 0 Å². The van der Waals surface area contributed by atoms with E-state index in [4.69, 9.17) is 23.7 Å². The molecular formula is C34H56N2O6. The summed E-state index contributed by atoms with van der Waals surface area (Å²) in [7, 11) is 0. The first-order valence-corrected chi connectivity index (χ1v) is 16.7. The number of carbonyl (C=O) groups excluding carboxylic acids is 1. The van der Waals surface area contributed by atoms with Crippen molar-refractivity contribution in [3.8, 4) is 0 Å². The van der Waals surface area contributed by atoms with Gasteiger partial charge < -0.3 is 28.6 Å². The lowest BCUT2D eigenvalue weighted by molar-refractivity contribution is -0.279. The van der Waals surface area contributed by atoms with Crippen molar-refractivity contribution in [2.24, 2.45) is 0 Å². The maximum Gasteiger partial charge on any atom is 0.412 e. The number of hydrogen-bond acceptors (Lipinski definition) is 7. The molecule has 3 saturated heterocycles. The Morgan fingerprint density at radius 3 is 2.24 bits per heavy atom. The van der Waals surface area contributed by atoms with E-state index in [-0.39, 0.29) is 12.7 Å². The fourth-order valence-corrected chi connectivity index (χ4v) is 6.46. The summed E-state index contributed by atoms with van der Waals surface area (Å²) in [5.74, 6) is -1.99. The van der Waals surface area contributed by atoms with Gasteiger partial charge in [0.25, 0.3) is 0 Å². The lowest BCUT2D eigenvalue weighted by Crippen LogP contribution is -2.46. The average Bonchev–Trinajstić information content (AvgIpc) is 3.37. The van der Waals surface area contributed by atoms with Gasteiger partial charge in [-0.1, -0.05) is 88.8 Å². The highest BCUT2D eigenvalue weighted by Gasteiger charge is 2.66. The smallest absolute Gasteiger partial charge is 0.412 e. The Morgan fingerprint density at radius 2 is 1.57 bits per heavy atom. The zero-order chi connectivity index (χ0) is 29.8. The second-order valence-corrected chi connectivity index (χ2v) is 13.0. The molecule has 1 aromatic rings. The van der Waals surface area contributed by atoms with E-state index in [1.165, 1.54) is 70.6 Å². The van der Waals surface area contributed by atoms with Crippen LogP contribution in [0, 0.1) is 6.92 Å². The molecule has 0 aromatic heterocycles. The number of nitrogens with one attached hydrogen (secondary N) is 1. The molecule has 4 atom stereocenters. The number of hydrogen-bond donors (Lipinski definition) is 1. The monoisotopic (exact) mass is 588 g/mol. The van der Waals surface area contributed by atoms with Crippen molar-refractivity contribution in [2.45, 2.75) is 141 Å². The second-order valence-electron chi connectivity index (χ2n) is 13.0. The topological polar surface area (TPSA) is 78.5 Å². The number of aryl methyl sites for hydroxylation is 1. The molecule has 0 bridgehead atoms. The fraction of sp³-hybridized carbons (Fsp3) is 0.794. The molecule has 1 aromatic carbocycles. The van der Waals surface area contributed by atoms with Crippen LogP contribution < -0.4 is 5.32 Å². The van der Waals surface area contributed by atoms with Crippen molar-refractivity contribution < 1.29 is 28.5 Å². The van der Waals surface area contributed by atoms with E-state index in [0.29, 0.717) is 18.8 Å². The minimum Gasteiger partial charge on any atom is -0.440 e. The number of unbranched alkanes of at least 4 members (excludes halogenated alkanes) is 9. The van der Waals surface area contributed by atoms with Crippen LogP contribution in [0.25, 0.3) is 0 Å². The number of ether oxygens (including phenoxy) is 5. The zero-order valence-electron chi connectivity index (χ0n) is 26.7. The Balaban J connectivity index is 1.32. The van der Waals surface area contributed by atoms with Crippen molar-refractivity contribution >= 4 is 11.8 Å². The maximum atomic E-state index is 13.1. The predicted octanol–water partition coefficient (Wildman–Crippen LogP) is 7.58. The molecule has 0 spiro atoms. The minimum absolute atomic E-state index is 0.245. The molecule has 1 amide bonds. The van der Waals surface area contributed by atoms with Crippen molar-refractivity contribution in [2.75, 3.05) is 38.2 Å².